The van der Waals surface area contributed by atoms with E-state index >= 15 is 0 Å². The largest absolute Gasteiger partial charge is 0.373 e. The molecule has 2 fully saturated rings. The molecule has 0 N–H and O–H groups in total. The third-order valence-electron chi connectivity index (χ3n) is 4.59. The van der Waals surface area contributed by atoms with Crippen molar-refractivity contribution in [3.05, 3.63) is 21.9 Å². The molecule has 1 atom stereocenters. The van der Waals surface area contributed by atoms with Crippen LogP contribution in [-0.4, -0.2) is 48.5 Å². The van der Waals surface area contributed by atoms with Crippen molar-refractivity contribution in [3.63, 3.8) is 0 Å². The monoisotopic (exact) mass is 322 g/mol. The molecular weight excluding hydrogens is 296 g/mol. The number of thiophene rings is 1. The highest BCUT2D eigenvalue weighted by Crippen LogP contribution is 2.33. The summed E-state index contributed by atoms with van der Waals surface area (Å²) in [7, 11) is 0. The van der Waals surface area contributed by atoms with E-state index < -0.39 is 0 Å². The summed E-state index contributed by atoms with van der Waals surface area (Å²) in [6.45, 7) is 7.40. The Kier molecular flexibility index (Phi) is 5.50. The molecule has 0 saturated carbocycles. The SMILES string of the molecule is CC(=O)N1CCCN(Cc2ccc([C@H]3CCCCO3)s2)CC1. The smallest absolute Gasteiger partial charge is 0.219 e. The zero-order valence-electron chi connectivity index (χ0n) is 13.4. The van der Waals surface area contributed by atoms with Gasteiger partial charge < -0.3 is 9.64 Å². The third-order valence-corrected chi connectivity index (χ3v) is 5.75. The van der Waals surface area contributed by atoms with E-state index in [-0.39, 0.29) is 5.91 Å². The van der Waals surface area contributed by atoms with Gasteiger partial charge in [-0.15, -0.1) is 11.3 Å². The molecule has 5 heteroatoms. The standard InChI is InChI=1S/C17H26N2O2S/c1-14(20)19-9-4-8-18(10-11-19)13-15-6-7-17(22-15)16-5-2-3-12-21-16/h6-7,16H,2-5,8-13H2,1H3/t16-/m1/s1. The summed E-state index contributed by atoms with van der Waals surface area (Å²) >= 11 is 1.90. The van der Waals surface area contributed by atoms with Gasteiger partial charge in [0.1, 0.15) is 0 Å². The van der Waals surface area contributed by atoms with E-state index in [9.17, 15) is 4.79 Å². The lowest BCUT2D eigenvalue weighted by Gasteiger charge is -2.21. The summed E-state index contributed by atoms with van der Waals surface area (Å²) in [5.74, 6) is 0.203. The highest BCUT2D eigenvalue weighted by Gasteiger charge is 2.20. The molecular formula is C17H26N2O2S. The van der Waals surface area contributed by atoms with E-state index in [1.165, 1.54) is 22.6 Å². The zero-order valence-corrected chi connectivity index (χ0v) is 14.2. The van der Waals surface area contributed by atoms with Gasteiger partial charge in [0.05, 0.1) is 6.10 Å². The molecule has 2 aliphatic rings. The van der Waals surface area contributed by atoms with Gasteiger partial charge in [0.2, 0.25) is 5.91 Å². The Hall–Kier alpha value is -0.910. The summed E-state index contributed by atoms with van der Waals surface area (Å²) < 4.78 is 5.88. The minimum Gasteiger partial charge on any atom is -0.373 e. The van der Waals surface area contributed by atoms with Gasteiger partial charge in [-0.3, -0.25) is 9.69 Å². The summed E-state index contributed by atoms with van der Waals surface area (Å²) in [6.07, 6.45) is 5.05. The number of carbonyl (C=O) groups excluding carboxylic acids is 1. The second-order valence-corrected chi connectivity index (χ2v) is 7.49. The van der Waals surface area contributed by atoms with Crippen LogP contribution in [0.25, 0.3) is 0 Å². The zero-order chi connectivity index (χ0) is 15.4. The van der Waals surface area contributed by atoms with E-state index in [1.54, 1.807) is 6.92 Å². The number of hydrogen-bond acceptors (Lipinski definition) is 4. The molecule has 4 nitrogen and oxygen atoms in total. The highest BCUT2D eigenvalue weighted by atomic mass is 32.1. The predicted molar refractivity (Wildman–Crippen MR) is 89.0 cm³/mol. The van der Waals surface area contributed by atoms with E-state index in [0.29, 0.717) is 6.10 Å². The maximum Gasteiger partial charge on any atom is 0.219 e. The van der Waals surface area contributed by atoms with Gasteiger partial charge in [0, 0.05) is 56.0 Å². The Balaban J connectivity index is 1.54. The fourth-order valence-corrected chi connectivity index (χ4v) is 4.42. The molecule has 0 aliphatic carbocycles. The van der Waals surface area contributed by atoms with Crippen molar-refractivity contribution in [3.8, 4) is 0 Å². The van der Waals surface area contributed by atoms with Gasteiger partial charge in [-0.25, -0.2) is 0 Å². The number of amides is 1. The lowest BCUT2D eigenvalue weighted by Crippen LogP contribution is -2.33. The van der Waals surface area contributed by atoms with Crippen LogP contribution in [0.4, 0.5) is 0 Å². The Bertz CT molecular complexity index is 497. The van der Waals surface area contributed by atoms with Crippen LogP contribution in [-0.2, 0) is 16.1 Å². The van der Waals surface area contributed by atoms with E-state index in [2.05, 4.69) is 17.0 Å². The molecule has 1 amide bonds. The van der Waals surface area contributed by atoms with Crippen molar-refractivity contribution in [2.24, 2.45) is 0 Å². The van der Waals surface area contributed by atoms with Crippen molar-refractivity contribution in [2.45, 2.75) is 45.3 Å². The molecule has 0 radical (unpaired) electrons. The number of hydrogen-bond donors (Lipinski definition) is 0. The van der Waals surface area contributed by atoms with E-state index in [0.717, 1.165) is 52.2 Å². The van der Waals surface area contributed by atoms with Crippen LogP contribution in [0, 0.1) is 0 Å². The van der Waals surface area contributed by atoms with Crippen LogP contribution < -0.4 is 0 Å². The van der Waals surface area contributed by atoms with E-state index in [1.807, 2.05) is 16.2 Å². The van der Waals surface area contributed by atoms with Crippen molar-refractivity contribution < 1.29 is 9.53 Å². The Morgan fingerprint density at radius 1 is 1.23 bits per heavy atom. The van der Waals surface area contributed by atoms with Crippen molar-refractivity contribution >= 4 is 17.2 Å². The molecule has 22 heavy (non-hydrogen) atoms. The third kappa shape index (κ3) is 4.09. The normalized spacial score (nSPS) is 24.2. The van der Waals surface area contributed by atoms with Crippen LogP contribution in [0.1, 0.15) is 48.5 Å². The lowest BCUT2D eigenvalue weighted by atomic mass is 10.1. The number of carbonyl (C=O) groups is 1. The van der Waals surface area contributed by atoms with Crippen molar-refractivity contribution in [2.75, 3.05) is 32.8 Å². The minimum atomic E-state index is 0.203. The second-order valence-electron chi connectivity index (χ2n) is 6.30. The van der Waals surface area contributed by atoms with Crippen molar-refractivity contribution in [1.29, 1.82) is 0 Å². The summed E-state index contributed by atoms with van der Waals surface area (Å²) in [5, 5.41) is 0. The fraction of sp³-hybridized carbons (Fsp3) is 0.706. The highest BCUT2D eigenvalue weighted by molar-refractivity contribution is 7.12. The van der Waals surface area contributed by atoms with Gasteiger partial charge in [0.15, 0.2) is 0 Å². The van der Waals surface area contributed by atoms with Crippen LogP contribution in [0.3, 0.4) is 0 Å². The molecule has 3 heterocycles. The molecule has 0 spiro atoms. The molecule has 122 valence electrons. The topological polar surface area (TPSA) is 32.8 Å². The first-order valence-electron chi connectivity index (χ1n) is 8.40. The maximum atomic E-state index is 11.5. The van der Waals surface area contributed by atoms with Crippen molar-refractivity contribution in [1.82, 2.24) is 9.80 Å². The summed E-state index contributed by atoms with van der Waals surface area (Å²) in [4.78, 5) is 18.7. The molecule has 3 rings (SSSR count). The Labute approximate surface area is 137 Å². The first kappa shape index (κ1) is 16.0. The van der Waals surface area contributed by atoms with Gasteiger partial charge in [-0.1, -0.05) is 0 Å². The fourth-order valence-electron chi connectivity index (χ4n) is 3.28. The summed E-state index contributed by atoms with van der Waals surface area (Å²) in [6, 6.07) is 4.50. The molecule has 0 unspecified atom stereocenters. The quantitative estimate of drug-likeness (QED) is 0.857. The molecule has 2 aliphatic heterocycles. The molecule has 0 bridgehead atoms. The second kappa shape index (κ2) is 7.57. The minimum absolute atomic E-state index is 0.203. The Morgan fingerprint density at radius 2 is 2.14 bits per heavy atom. The van der Waals surface area contributed by atoms with Gasteiger partial charge >= 0.3 is 0 Å². The first-order valence-corrected chi connectivity index (χ1v) is 9.22. The van der Waals surface area contributed by atoms with Gasteiger partial charge in [-0.2, -0.15) is 0 Å². The molecule has 0 aromatic carbocycles. The molecule has 1 aromatic rings. The van der Waals surface area contributed by atoms with E-state index in [4.69, 9.17) is 4.74 Å². The van der Waals surface area contributed by atoms with Crippen LogP contribution >= 0.6 is 11.3 Å². The van der Waals surface area contributed by atoms with Gasteiger partial charge in [-0.05, 0) is 37.8 Å². The van der Waals surface area contributed by atoms with Gasteiger partial charge in [0.25, 0.3) is 0 Å². The number of nitrogens with zero attached hydrogens (tertiary/aromatic N) is 2. The first-order chi connectivity index (χ1) is 10.7. The van der Waals surface area contributed by atoms with Crippen LogP contribution in [0.2, 0.25) is 0 Å². The number of rotatable bonds is 3. The summed E-state index contributed by atoms with van der Waals surface area (Å²) in [5.41, 5.74) is 0. The maximum absolute atomic E-state index is 11.5. The molecule has 1 aromatic heterocycles. The average molecular weight is 322 g/mol. The average Bonchev–Trinajstić information content (AvgIpc) is 2.86. The van der Waals surface area contributed by atoms with Crippen LogP contribution in [0.15, 0.2) is 12.1 Å². The predicted octanol–water partition coefficient (Wildman–Crippen LogP) is 3.04. The Morgan fingerprint density at radius 3 is 2.91 bits per heavy atom. The van der Waals surface area contributed by atoms with Crippen LogP contribution in [0.5, 0.6) is 0 Å². The molecule has 2 saturated heterocycles. The number of ether oxygens (including phenoxy) is 1. The lowest BCUT2D eigenvalue weighted by molar-refractivity contribution is -0.128.